The van der Waals surface area contributed by atoms with Crippen LogP contribution in [0.3, 0.4) is 0 Å². The summed E-state index contributed by atoms with van der Waals surface area (Å²) in [7, 11) is -3.57. The second-order valence-electron chi connectivity index (χ2n) is 8.87. The van der Waals surface area contributed by atoms with Crippen LogP contribution in [0.4, 0.5) is 0 Å². The zero-order valence-electron chi connectivity index (χ0n) is 18.5. The molecule has 1 aliphatic carbocycles. The van der Waals surface area contributed by atoms with Crippen LogP contribution in [0.15, 0.2) is 41.3 Å². The molecular formula is C25H32N2O3S. The van der Waals surface area contributed by atoms with Crippen molar-refractivity contribution in [3.63, 3.8) is 0 Å². The van der Waals surface area contributed by atoms with E-state index >= 15 is 0 Å². The average molecular weight is 441 g/mol. The average Bonchev–Trinajstić information content (AvgIpc) is 2.79. The van der Waals surface area contributed by atoms with Crippen LogP contribution >= 0.6 is 0 Å². The molecule has 5 nitrogen and oxygen atoms in total. The monoisotopic (exact) mass is 440 g/mol. The number of nitrogens with one attached hydrogen (secondary N) is 1. The number of benzene rings is 2. The summed E-state index contributed by atoms with van der Waals surface area (Å²) in [5.41, 5.74) is 5.08. The van der Waals surface area contributed by atoms with Crippen LogP contribution in [0.2, 0.25) is 0 Å². The maximum Gasteiger partial charge on any atom is 0.252 e. The minimum absolute atomic E-state index is 0.151. The first-order valence-corrected chi connectivity index (χ1v) is 12.8. The number of sulfonamides is 1. The SMILES string of the molecule is Cc1ccc(S(=O)(=O)N2CCCCC2)cc1C(=O)N[C@@H](C)c1ccc2c(c1)CCCC2. The molecule has 0 spiro atoms. The second-order valence-corrected chi connectivity index (χ2v) is 10.8. The van der Waals surface area contributed by atoms with Gasteiger partial charge in [0.1, 0.15) is 0 Å². The van der Waals surface area contributed by atoms with E-state index < -0.39 is 10.0 Å². The molecule has 2 aromatic rings. The highest BCUT2D eigenvalue weighted by Crippen LogP contribution is 2.26. The van der Waals surface area contributed by atoms with Crippen molar-refractivity contribution < 1.29 is 13.2 Å². The van der Waals surface area contributed by atoms with Crippen molar-refractivity contribution in [1.82, 2.24) is 9.62 Å². The Balaban J connectivity index is 1.53. The molecule has 1 aliphatic heterocycles. The Kier molecular flexibility index (Phi) is 6.49. The van der Waals surface area contributed by atoms with Gasteiger partial charge in [0, 0.05) is 18.7 Å². The third kappa shape index (κ3) is 4.70. The summed E-state index contributed by atoms with van der Waals surface area (Å²) < 4.78 is 27.6. The number of hydrogen-bond acceptors (Lipinski definition) is 3. The molecule has 31 heavy (non-hydrogen) atoms. The number of hydrogen-bond donors (Lipinski definition) is 1. The zero-order chi connectivity index (χ0) is 22.0. The molecule has 4 rings (SSSR count). The van der Waals surface area contributed by atoms with Crippen molar-refractivity contribution >= 4 is 15.9 Å². The predicted octanol–water partition coefficient (Wildman–Crippen LogP) is 4.54. The van der Waals surface area contributed by atoms with Crippen molar-refractivity contribution in [3.8, 4) is 0 Å². The Morgan fingerprint density at radius 3 is 2.39 bits per heavy atom. The first-order chi connectivity index (χ1) is 14.9. The van der Waals surface area contributed by atoms with Gasteiger partial charge in [-0.3, -0.25) is 4.79 Å². The Labute approximate surface area is 185 Å². The number of carbonyl (C=O) groups excluding carboxylic acids is 1. The van der Waals surface area contributed by atoms with Gasteiger partial charge in [0.25, 0.3) is 5.91 Å². The van der Waals surface area contributed by atoms with E-state index in [4.69, 9.17) is 0 Å². The van der Waals surface area contributed by atoms with Gasteiger partial charge < -0.3 is 5.32 Å². The molecule has 1 N–H and O–H groups in total. The summed E-state index contributed by atoms with van der Waals surface area (Å²) in [6.07, 6.45) is 7.53. The quantitative estimate of drug-likeness (QED) is 0.742. The lowest BCUT2D eigenvalue weighted by Crippen LogP contribution is -2.35. The van der Waals surface area contributed by atoms with Crippen LogP contribution in [-0.4, -0.2) is 31.7 Å². The van der Waals surface area contributed by atoms with Gasteiger partial charge in [-0.15, -0.1) is 0 Å². The summed E-state index contributed by atoms with van der Waals surface area (Å²) in [4.78, 5) is 13.3. The first kappa shape index (κ1) is 22.0. The van der Waals surface area contributed by atoms with Gasteiger partial charge in [-0.05, 0) is 86.8 Å². The van der Waals surface area contributed by atoms with Crippen molar-refractivity contribution in [2.75, 3.05) is 13.1 Å². The van der Waals surface area contributed by atoms with E-state index in [1.807, 2.05) is 13.8 Å². The van der Waals surface area contributed by atoms with Crippen LogP contribution in [0.1, 0.15) is 77.7 Å². The number of rotatable bonds is 5. The normalized spacial score (nSPS) is 18.3. The lowest BCUT2D eigenvalue weighted by atomic mass is 9.89. The molecule has 0 radical (unpaired) electrons. The molecule has 0 unspecified atom stereocenters. The molecule has 2 aliphatic rings. The molecule has 6 heteroatoms. The van der Waals surface area contributed by atoms with Crippen LogP contribution in [0.25, 0.3) is 0 Å². The first-order valence-electron chi connectivity index (χ1n) is 11.4. The minimum atomic E-state index is -3.57. The molecule has 0 saturated carbocycles. The van der Waals surface area contributed by atoms with Crippen molar-refractivity contribution in [2.45, 2.75) is 69.7 Å². The lowest BCUT2D eigenvalue weighted by Gasteiger charge is -2.26. The van der Waals surface area contributed by atoms with Gasteiger partial charge >= 0.3 is 0 Å². The Bertz CT molecular complexity index is 1070. The lowest BCUT2D eigenvalue weighted by molar-refractivity contribution is 0.0939. The van der Waals surface area contributed by atoms with Crippen LogP contribution < -0.4 is 5.32 Å². The van der Waals surface area contributed by atoms with Gasteiger partial charge in [0.05, 0.1) is 10.9 Å². The highest BCUT2D eigenvalue weighted by Gasteiger charge is 2.27. The van der Waals surface area contributed by atoms with E-state index in [2.05, 4.69) is 23.5 Å². The van der Waals surface area contributed by atoms with Gasteiger partial charge in [-0.1, -0.05) is 30.7 Å². The van der Waals surface area contributed by atoms with Crippen LogP contribution in [0, 0.1) is 6.92 Å². The fraction of sp³-hybridized carbons (Fsp3) is 0.480. The number of nitrogens with zero attached hydrogens (tertiary/aromatic N) is 1. The largest absolute Gasteiger partial charge is 0.346 e. The fourth-order valence-corrected chi connectivity index (χ4v) is 6.18. The smallest absolute Gasteiger partial charge is 0.252 e. The molecule has 1 amide bonds. The predicted molar refractivity (Wildman–Crippen MR) is 123 cm³/mol. The van der Waals surface area contributed by atoms with Crippen molar-refractivity contribution in [3.05, 3.63) is 64.2 Å². The molecule has 0 bridgehead atoms. The van der Waals surface area contributed by atoms with E-state index in [1.165, 1.54) is 30.0 Å². The standard InChI is InChI=1S/C25H32N2O3S/c1-18-10-13-23(31(29,30)27-14-6-3-7-15-27)17-24(18)25(28)26-19(2)21-12-11-20-8-4-5-9-22(20)16-21/h10-13,16-17,19H,3-9,14-15H2,1-2H3,(H,26,28)/t19-/m0/s1. The summed E-state index contributed by atoms with van der Waals surface area (Å²) in [6.45, 7) is 4.92. The van der Waals surface area contributed by atoms with E-state index in [9.17, 15) is 13.2 Å². The number of fused-ring (bicyclic) bond motifs is 1. The van der Waals surface area contributed by atoms with Gasteiger partial charge in [0.2, 0.25) is 10.0 Å². The Morgan fingerprint density at radius 2 is 1.65 bits per heavy atom. The minimum Gasteiger partial charge on any atom is -0.346 e. The topological polar surface area (TPSA) is 66.5 Å². The molecule has 1 fully saturated rings. The number of aryl methyl sites for hydroxylation is 3. The van der Waals surface area contributed by atoms with Crippen LogP contribution in [-0.2, 0) is 22.9 Å². The zero-order valence-corrected chi connectivity index (χ0v) is 19.3. The van der Waals surface area contributed by atoms with Gasteiger partial charge in [-0.2, -0.15) is 4.31 Å². The molecule has 1 atom stereocenters. The molecule has 2 aromatic carbocycles. The van der Waals surface area contributed by atoms with Crippen LogP contribution in [0.5, 0.6) is 0 Å². The summed E-state index contributed by atoms with van der Waals surface area (Å²) >= 11 is 0. The Hall–Kier alpha value is -2.18. The highest BCUT2D eigenvalue weighted by atomic mass is 32.2. The number of piperidine rings is 1. The van der Waals surface area contributed by atoms with E-state index in [0.717, 1.165) is 43.2 Å². The molecule has 166 valence electrons. The van der Waals surface area contributed by atoms with E-state index in [-0.39, 0.29) is 16.8 Å². The van der Waals surface area contributed by atoms with Crippen molar-refractivity contribution in [1.29, 1.82) is 0 Å². The number of carbonyl (C=O) groups is 1. The summed E-state index contributed by atoms with van der Waals surface area (Å²) in [6, 6.07) is 11.2. The van der Waals surface area contributed by atoms with Gasteiger partial charge in [0.15, 0.2) is 0 Å². The molecule has 1 heterocycles. The van der Waals surface area contributed by atoms with Crippen molar-refractivity contribution in [2.24, 2.45) is 0 Å². The maximum atomic E-state index is 13.1. The van der Waals surface area contributed by atoms with E-state index in [1.54, 1.807) is 16.4 Å². The Morgan fingerprint density at radius 1 is 0.935 bits per heavy atom. The van der Waals surface area contributed by atoms with E-state index in [0.29, 0.717) is 18.7 Å². The number of amides is 1. The highest BCUT2D eigenvalue weighted by molar-refractivity contribution is 7.89. The fourth-order valence-electron chi connectivity index (χ4n) is 4.64. The second kappa shape index (κ2) is 9.13. The summed E-state index contributed by atoms with van der Waals surface area (Å²) in [5.74, 6) is -0.238. The third-order valence-corrected chi connectivity index (χ3v) is 8.52. The molecular weight excluding hydrogens is 408 g/mol. The molecule has 0 aromatic heterocycles. The molecule has 1 saturated heterocycles. The third-order valence-electron chi connectivity index (χ3n) is 6.63. The van der Waals surface area contributed by atoms with Gasteiger partial charge in [-0.25, -0.2) is 8.42 Å². The maximum absolute atomic E-state index is 13.1. The summed E-state index contributed by atoms with van der Waals surface area (Å²) in [5, 5.41) is 3.07.